The van der Waals surface area contributed by atoms with E-state index >= 15 is 0 Å². The van der Waals surface area contributed by atoms with Crippen molar-refractivity contribution in [2.24, 2.45) is 11.1 Å². The fraction of sp³-hybridized carbons (Fsp3) is 0.647. The number of fused-ring (bicyclic) bond motifs is 1. The fourth-order valence-corrected chi connectivity index (χ4v) is 3.69. The monoisotopic (exact) mass is 286 g/mol. The van der Waals surface area contributed by atoms with Gasteiger partial charge in [0.2, 0.25) is 0 Å². The molecule has 3 rings (SSSR count). The van der Waals surface area contributed by atoms with Crippen LogP contribution in [0.5, 0.6) is 0 Å². The summed E-state index contributed by atoms with van der Waals surface area (Å²) in [5, 5.41) is 0. The highest BCUT2D eigenvalue weighted by Gasteiger charge is 2.32. The van der Waals surface area contributed by atoms with Crippen LogP contribution in [0.1, 0.15) is 51.3 Å². The Kier molecular flexibility index (Phi) is 4.24. The normalized spacial score (nSPS) is 18.2. The highest BCUT2D eigenvalue weighted by atomic mass is 15.1. The fourth-order valence-electron chi connectivity index (χ4n) is 3.69. The molecule has 0 aromatic carbocycles. The molecule has 2 aromatic heterocycles. The number of hydrogen-bond acceptors (Lipinski definition) is 3. The Labute approximate surface area is 126 Å². The topological polar surface area (TPSA) is 56.7 Å². The van der Waals surface area contributed by atoms with E-state index in [4.69, 9.17) is 10.7 Å². The van der Waals surface area contributed by atoms with Crippen LogP contribution in [-0.2, 0) is 13.0 Å². The Bertz CT molecular complexity index is 596. The summed E-state index contributed by atoms with van der Waals surface area (Å²) in [5.41, 5.74) is 8.45. The number of nitrogens with two attached hydrogens (primary N) is 1. The van der Waals surface area contributed by atoms with Gasteiger partial charge in [-0.1, -0.05) is 26.2 Å². The van der Waals surface area contributed by atoms with Gasteiger partial charge in [-0.25, -0.2) is 9.97 Å². The smallest absolute Gasteiger partial charge is 0.159 e. The van der Waals surface area contributed by atoms with Crippen LogP contribution in [-0.4, -0.2) is 21.1 Å². The van der Waals surface area contributed by atoms with Crippen LogP contribution < -0.4 is 5.73 Å². The lowest BCUT2D eigenvalue weighted by Crippen LogP contribution is -2.35. The molecule has 2 heterocycles. The van der Waals surface area contributed by atoms with E-state index < -0.39 is 0 Å². The van der Waals surface area contributed by atoms with Crippen molar-refractivity contribution in [3.05, 3.63) is 24.2 Å². The van der Waals surface area contributed by atoms with Gasteiger partial charge >= 0.3 is 0 Å². The molecule has 2 N–H and O–H groups in total. The van der Waals surface area contributed by atoms with Crippen LogP contribution in [0.25, 0.3) is 11.2 Å². The number of nitrogens with zero attached hydrogens (tertiary/aromatic N) is 3. The van der Waals surface area contributed by atoms with Crippen molar-refractivity contribution in [1.29, 1.82) is 0 Å². The zero-order valence-corrected chi connectivity index (χ0v) is 13.0. The van der Waals surface area contributed by atoms with Crippen molar-refractivity contribution in [1.82, 2.24) is 14.5 Å². The van der Waals surface area contributed by atoms with Gasteiger partial charge in [0.1, 0.15) is 11.3 Å². The van der Waals surface area contributed by atoms with Gasteiger partial charge in [-0.15, -0.1) is 0 Å². The third-order valence-electron chi connectivity index (χ3n) is 4.91. The van der Waals surface area contributed by atoms with Crippen LogP contribution in [0, 0.1) is 5.41 Å². The Hall–Kier alpha value is -1.42. The van der Waals surface area contributed by atoms with E-state index in [0.29, 0.717) is 0 Å². The highest BCUT2D eigenvalue weighted by molar-refractivity contribution is 5.71. The SMILES string of the molecule is CCCn1c(CC2(CN)CCCCC2)nc2cccnc21. The highest BCUT2D eigenvalue weighted by Crippen LogP contribution is 2.38. The van der Waals surface area contributed by atoms with Crippen LogP contribution in [0.2, 0.25) is 0 Å². The predicted octanol–water partition coefficient (Wildman–Crippen LogP) is 3.29. The lowest BCUT2D eigenvalue weighted by molar-refractivity contribution is 0.192. The molecule has 0 saturated heterocycles. The molecule has 114 valence electrons. The Balaban J connectivity index is 1.96. The minimum absolute atomic E-state index is 0.255. The molecular weight excluding hydrogens is 260 g/mol. The summed E-state index contributed by atoms with van der Waals surface area (Å²) in [5.74, 6) is 1.18. The van der Waals surface area contributed by atoms with Gasteiger partial charge < -0.3 is 10.3 Å². The minimum Gasteiger partial charge on any atom is -0.330 e. The van der Waals surface area contributed by atoms with Crippen molar-refractivity contribution in [3.8, 4) is 0 Å². The summed E-state index contributed by atoms with van der Waals surface area (Å²) in [6.45, 7) is 3.97. The van der Waals surface area contributed by atoms with Crippen LogP contribution in [0.4, 0.5) is 0 Å². The molecule has 0 bridgehead atoms. The van der Waals surface area contributed by atoms with E-state index in [0.717, 1.165) is 37.1 Å². The van der Waals surface area contributed by atoms with Crippen molar-refractivity contribution in [2.45, 2.75) is 58.4 Å². The van der Waals surface area contributed by atoms with Crippen LogP contribution in [0.3, 0.4) is 0 Å². The first-order valence-electron chi connectivity index (χ1n) is 8.28. The molecule has 2 aromatic rings. The van der Waals surface area contributed by atoms with E-state index in [2.05, 4.69) is 22.5 Å². The van der Waals surface area contributed by atoms with Gasteiger partial charge in [-0.2, -0.15) is 0 Å². The van der Waals surface area contributed by atoms with Crippen molar-refractivity contribution in [3.63, 3.8) is 0 Å². The van der Waals surface area contributed by atoms with Gasteiger partial charge in [0.25, 0.3) is 0 Å². The number of hydrogen-bond donors (Lipinski definition) is 1. The number of rotatable bonds is 5. The molecule has 0 aliphatic heterocycles. The summed E-state index contributed by atoms with van der Waals surface area (Å²) in [4.78, 5) is 9.39. The Morgan fingerprint density at radius 1 is 1.29 bits per heavy atom. The third kappa shape index (κ3) is 2.82. The predicted molar refractivity (Wildman–Crippen MR) is 86.1 cm³/mol. The Morgan fingerprint density at radius 2 is 2.10 bits per heavy atom. The Morgan fingerprint density at radius 3 is 2.81 bits per heavy atom. The van der Waals surface area contributed by atoms with Gasteiger partial charge in [0.05, 0.1) is 0 Å². The number of aromatic nitrogens is 3. The van der Waals surface area contributed by atoms with Crippen molar-refractivity contribution in [2.75, 3.05) is 6.54 Å². The molecule has 4 heteroatoms. The van der Waals surface area contributed by atoms with Crippen molar-refractivity contribution >= 4 is 11.2 Å². The zero-order chi connectivity index (χ0) is 14.7. The lowest BCUT2D eigenvalue weighted by atomic mass is 9.71. The summed E-state index contributed by atoms with van der Waals surface area (Å²) >= 11 is 0. The first-order valence-corrected chi connectivity index (χ1v) is 8.28. The standard InChI is InChI=1S/C17H26N4/c1-2-11-21-15(20-14-7-6-10-19-16(14)21)12-17(13-18)8-4-3-5-9-17/h6-7,10H,2-5,8-9,11-13,18H2,1H3. The molecule has 4 nitrogen and oxygen atoms in total. The quantitative estimate of drug-likeness (QED) is 0.917. The summed E-state index contributed by atoms with van der Waals surface area (Å²) in [6, 6.07) is 4.03. The maximum Gasteiger partial charge on any atom is 0.159 e. The lowest BCUT2D eigenvalue weighted by Gasteiger charge is -2.36. The molecule has 0 amide bonds. The molecule has 1 saturated carbocycles. The molecular formula is C17H26N4. The molecule has 0 atom stereocenters. The molecule has 21 heavy (non-hydrogen) atoms. The van der Waals surface area contributed by atoms with E-state index in [1.165, 1.54) is 37.9 Å². The van der Waals surface area contributed by atoms with E-state index in [9.17, 15) is 0 Å². The average Bonchev–Trinajstić information content (AvgIpc) is 2.86. The maximum absolute atomic E-state index is 6.15. The van der Waals surface area contributed by atoms with Gasteiger partial charge in [-0.3, -0.25) is 0 Å². The molecule has 1 aliphatic rings. The van der Waals surface area contributed by atoms with Gasteiger partial charge in [0.15, 0.2) is 5.65 Å². The molecule has 0 unspecified atom stereocenters. The van der Waals surface area contributed by atoms with Crippen LogP contribution in [0.15, 0.2) is 18.3 Å². The van der Waals surface area contributed by atoms with Crippen molar-refractivity contribution < 1.29 is 0 Å². The van der Waals surface area contributed by atoms with E-state index in [1.54, 1.807) is 0 Å². The second kappa shape index (κ2) is 6.14. The molecule has 1 fully saturated rings. The summed E-state index contributed by atoms with van der Waals surface area (Å²) in [7, 11) is 0. The number of pyridine rings is 1. The second-order valence-electron chi connectivity index (χ2n) is 6.47. The second-order valence-corrected chi connectivity index (χ2v) is 6.47. The largest absolute Gasteiger partial charge is 0.330 e. The maximum atomic E-state index is 6.15. The van der Waals surface area contributed by atoms with Gasteiger partial charge in [-0.05, 0) is 43.4 Å². The number of imidazole rings is 1. The van der Waals surface area contributed by atoms with E-state index in [1.807, 2.05) is 12.3 Å². The van der Waals surface area contributed by atoms with E-state index in [-0.39, 0.29) is 5.41 Å². The summed E-state index contributed by atoms with van der Waals surface area (Å²) < 4.78 is 2.31. The first-order chi connectivity index (χ1) is 10.3. The average molecular weight is 286 g/mol. The molecule has 0 radical (unpaired) electrons. The molecule has 1 aliphatic carbocycles. The van der Waals surface area contributed by atoms with Crippen LogP contribution >= 0.6 is 0 Å². The van der Waals surface area contributed by atoms with Gasteiger partial charge in [0, 0.05) is 19.2 Å². The minimum atomic E-state index is 0.255. The summed E-state index contributed by atoms with van der Waals surface area (Å²) in [6.07, 6.45) is 10.4. The third-order valence-corrected chi connectivity index (χ3v) is 4.91. The molecule has 0 spiro atoms. The number of aryl methyl sites for hydroxylation is 1. The first kappa shape index (κ1) is 14.5. The zero-order valence-electron chi connectivity index (χ0n) is 13.0.